The molecule has 0 bridgehead atoms. The van der Waals surface area contributed by atoms with Gasteiger partial charge in [0.25, 0.3) is 0 Å². The molecule has 1 radical (unpaired) electrons. The van der Waals surface area contributed by atoms with Gasteiger partial charge in [-0.15, -0.1) is 0 Å². The van der Waals surface area contributed by atoms with Crippen molar-refractivity contribution in [2.45, 2.75) is 19.3 Å². The highest BCUT2D eigenvalue weighted by atomic mass is 32.2. The molecule has 2 aliphatic heterocycles. The zero-order chi connectivity index (χ0) is 12.8. The van der Waals surface area contributed by atoms with Crippen molar-refractivity contribution in [3.63, 3.8) is 0 Å². The van der Waals surface area contributed by atoms with Crippen LogP contribution >= 0.6 is 0 Å². The van der Waals surface area contributed by atoms with Crippen molar-refractivity contribution < 1.29 is 13.2 Å². The molecule has 2 saturated heterocycles. The molecule has 2 fully saturated rings. The Morgan fingerprint density at radius 1 is 1.06 bits per heavy atom. The number of ether oxygens (including phenoxy) is 1. The van der Waals surface area contributed by atoms with Gasteiger partial charge in [0.15, 0.2) is 0 Å². The van der Waals surface area contributed by atoms with Gasteiger partial charge >= 0.3 is 0 Å². The van der Waals surface area contributed by atoms with Crippen LogP contribution < -0.4 is 0 Å². The summed E-state index contributed by atoms with van der Waals surface area (Å²) >= 11 is 0. The number of piperidine rings is 1. The van der Waals surface area contributed by atoms with Crippen molar-refractivity contribution in [1.82, 2.24) is 9.21 Å². The monoisotopic (exact) mass is 275 g/mol. The van der Waals surface area contributed by atoms with E-state index in [1.165, 1.54) is 0 Å². The van der Waals surface area contributed by atoms with E-state index in [1.807, 2.05) is 0 Å². The van der Waals surface area contributed by atoms with Crippen LogP contribution in [-0.2, 0) is 14.8 Å². The molecule has 0 saturated carbocycles. The standard InChI is InChI=1S/C12H23N2O3S/c15-18(16,14-6-2-1-3-7-14)12-9-13-5-4-10-17-11-8-13/h1H,2-12H2. The number of nitrogens with zero attached hydrogens (tertiary/aromatic N) is 2. The highest BCUT2D eigenvalue weighted by molar-refractivity contribution is 7.89. The lowest BCUT2D eigenvalue weighted by Gasteiger charge is -2.27. The predicted molar refractivity (Wildman–Crippen MR) is 70.8 cm³/mol. The van der Waals surface area contributed by atoms with Crippen molar-refractivity contribution in [3.8, 4) is 0 Å². The number of hydrogen-bond acceptors (Lipinski definition) is 4. The third-order valence-electron chi connectivity index (χ3n) is 3.54. The Hall–Kier alpha value is -0.170. The van der Waals surface area contributed by atoms with E-state index in [2.05, 4.69) is 11.3 Å². The first kappa shape index (κ1) is 14.2. The van der Waals surface area contributed by atoms with Crippen LogP contribution in [0.25, 0.3) is 0 Å². The molecule has 0 atom stereocenters. The topological polar surface area (TPSA) is 49.9 Å². The molecule has 6 heteroatoms. The Labute approximate surface area is 110 Å². The first-order valence-electron chi connectivity index (χ1n) is 6.78. The van der Waals surface area contributed by atoms with Gasteiger partial charge in [-0.25, -0.2) is 12.7 Å². The summed E-state index contributed by atoms with van der Waals surface area (Å²) < 4.78 is 31.3. The minimum absolute atomic E-state index is 0.243. The van der Waals surface area contributed by atoms with Crippen LogP contribution in [0.15, 0.2) is 0 Å². The van der Waals surface area contributed by atoms with E-state index in [4.69, 9.17) is 4.74 Å². The summed E-state index contributed by atoms with van der Waals surface area (Å²) in [5.41, 5.74) is 0. The summed E-state index contributed by atoms with van der Waals surface area (Å²) in [6.45, 7) is 5.26. The van der Waals surface area contributed by atoms with Gasteiger partial charge < -0.3 is 4.74 Å². The van der Waals surface area contributed by atoms with Gasteiger partial charge in [0.05, 0.1) is 12.4 Å². The highest BCUT2D eigenvalue weighted by Crippen LogP contribution is 2.13. The molecule has 0 aromatic heterocycles. The van der Waals surface area contributed by atoms with Gasteiger partial charge in [-0.1, -0.05) is 0 Å². The Morgan fingerprint density at radius 2 is 1.83 bits per heavy atom. The molecule has 0 aliphatic carbocycles. The van der Waals surface area contributed by atoms with E-state index >= 15 is 0 Å². The first-order chi connectivity index (χ1) is 8.68. The maximum absolute atomic E-state index is 12.2. The van der Waals surface area contributed by atoms with Gasteiger partial charge in [-0.2, -0.15) is 0 Å². The summed E-state index contributed by atoms with van der Waals surface area (Å²) in [6.07, 6.45) is 4.93. The van der Waals surface area contributed by atoms with Gasteiger partial charge in [0.1, 0.15) is 0 Å². The summed E-state index contributed by atoms with van der Waals surface area (Å²) in [4.78, 5) is 2.20. The fourth-order valence-corrected chi connectivity index (χ4v) is 3.91. The average molecular weight is 275 g/mol. The zero-order valence-corrected chi connectivity index (χ0v) is 11.7. The largest absolute Gasteiger partial charge is 0.380 e. The lowest BCUT2D eigenvalue weighted by Crippen LogP contribution is -2.41. The van der Waals surface area contributed by atoms with Crippen LogP contribution in [-0.4, -0.2) is 69.3 Å². The fourth-order valence-electron chi connectivity index (χ4n) is 2.40. The van der Waals surface area contributed by atoms with Crippen molar-refractivity contribution in [3.05, 3.63) is 6.42 Å². The second-order valence-electron chi connectivity index (χ2n) is 4.89. The van der Waals surface area contributed by atoms with Crippen molar-refractivity contribution in [2.75, 3.05) is 51.7 Å². The smallest absolute Gasteiger partial charge is 0.215 e. The normalized spacial score (nSPS) is 24.9. The quantitative estimate of drug-likeness (QED) is 0.742. The van der Waals surface area contributed by atoms with Crippen molar-refractivity contribution >= 4 is 10.0 Å². The molecule has 105 valence electrons. The molecule has 0 aromatic rings. The Morgan fingerprint density at radius 3 is 2.61 bits per heavy atom. The van der Waals surface area contributed by atoms with Gasteiger partial charge in [0, 0.05) is 39.3 Å². The number of rotatable bonds is 4. The predicted octanol–water partition coefficient (Wildman–Crippen LogP) is 0.339. The van der Waals surface area contributed by atoms with E-state index in [0.717, 1.165) is 45.6 Å². The summed E-state index contributed by atoms with van der Waals surface area (Å²) in [6, 6.07) is 0. The third kappa shape index (κ3) is 4.19. The Balaban J connectivity index is 1.80. The van der Waals surface area contributed by atoms with E-state index in [-0.39, 0.29) is 5.75 Å². The minimum Gasteiger partial charge on any atom is -0.380 e. The average Bonchev–Trinajstić information content (AvgIpc) is 2.66. The van der Waals surface area contributed by atoms with Crippen molar-refractivity contribution in [1.29, 1.82) is 0 Å². The van der Waals surface area contributed by atoms with Gasteiger partial charge in [-0.05, 0) is 25.7 Å². The molecule has 0 unspecified atom stereocenters. The second kappa shape index (κ2) is 6.84. The van der Waals surface area contributed by atoms with Crippen molar-refractivity contribution in [2.24, 2.45) is 0 Å². The maximum Gasteiger partial charge on any atom is 0.215 e. The molecule has 0 N–H and O–H groups in total. The minimum atomic E-state index is -3.06. The second-order valence-corrected chi connectivity index (χ2v) is 6.98. The first-order valence-corrected chi connectivity index (χ1v) is 8.39. The van der Waals surface area contributed by atoms with Gasteiger partial charge in [0.2, 0.25) is 10.0 Å². The molecular weight excluding hydrogens is 252 g/mol. The van der Waals surface area contributed by atoms with Crippen LogP contribution in [0.1, 0.15) is 19.3 Å². The molecule has 2 rings (SSSR count). The third-order valence-corrected chi connectivity index (χ3v) is 5.39. The molecular formula is C12H23N2O3S. The van der Waals surface area contributed by atoms with Crippen LogP contribution in [0.4, 0.5) is 0 Å². The maximum atomic E-state index is 12.2. The zero-order valence-electron chi connectivity index (χ0n) is 10.9. The molecule has 18 heavy (non-hydrogen) atoms. The number of sulfonamides is 1. The van der Waals surface area contributed by atoms with E-state index in [0.29, 0.717) is 19.6 Å². The van der Waals surface area contributed by atoms with Crippen LogP contribution in [0, 0.1) is 6.42 Å². The SMILES string of the molecule is O=S(=O)(CCN1CCCOCC1)N1CC[CH]CC1. The lowest BCUT2D eigenvalue weighted by molar-refractivity contribution is 0.142. The van der Waals surface area contributed by atoms with Crippen LogP contribution in [0.2, 0.25) is 0 Å². The highest BCUT2D eigenvalue weighted by Gasteiger charge is 2.24. The molecule has 2 aliphatic rings. The molecule has 0 amide bonds. The van der Waals surface area contributed by atoms with E-state index < -0.39 is 10.0 Å². The van der Waals surface area contributed by atoms with E-state index in [9.17, 15) is 8.42 Å². The number of hydrogen-bond donors (Lipinski definition) is 0. The molecule has 0 spiro atoms. The Bertz CT molecular complexity index is 331. The Kier molecular flexibility index (Phi) is 5.41. The summed E-state index contributed by atoms with van der Waals surface area (Å²) in [5.74, 6) is 0.243. The molecule has 2 heterocycles. The fraction of sp³-hybridized carbons (Fsp3) is 0.917. The lowest BCUT2D eigenvalue weighted by atomic mass is 10.2. The van der Waals surface area contributed by atoms with Gasteiger partial charge in [-0.3, -0.25) is 4.90 Å². The van der Waals surface area contributed by atoms with Crippen LogP contribution in [0.5, 0.6) is 0 Å². The van der Waals surface area contributed by atoms with Crippen LogP contribution in [0.3, 0.4) is 0 Å². The van der Waals surface area contributed by atoms with E-state index in [1.54, 1.807) is 4.31 Å². The molecule has 5 nitrogen and oxygen atoms in total. The molecule has 0 aromatic carbocycles. The summed E-state index contributed by atoms with van der Waals surface area (Å²) in [5, 5.41) is 0. The summed E-state index contributed by atoms with van der Waals surface area (Å²) in [7, 11) is -3.06.